The number of benzene rings is 2. The standard InChI is InChI=1S/C24H29N3O4S.ClH/c1-17-7-8-21-23(18(17)2)25-24(32-21)27(10-9-26-11-13-30-14-12-26)22(28)16-31-20-6-4-5-19(15-20)29-3;/h4-8,15H,9-14,16H2,1-3H3;1H. The number of halogens is 1. The Balaban J connectivity index is 0.00000306. The molecule has 1 aromatic heterocycles. The number of carbonyl (C=O) groups is 1. The largest absolute Gasteiger partial charge is 0.497 e. The van der Waals surface area contributed by atoms with E-state index < -0.39 is 0 Å². The fourth-order valence-corrected chi connectivity index (χ4v) is 4.71. The second-order valence-corrected chi connectivity index (χ2v) is 8.83. The minimum absolute atomic E-state index is 0. The van der Waals surface area contributed by atoms with Gasteiger partial charge >= 0.3 is 0 Å². The molecule has 1 saturated heterocycles. The Kier molecular flexibility index (Phi) is 8.91. The highest BCUT2D eigenvalue weighted by atomic mass is 35.5. The Hall–Kier alpha value is -2.39. The van der Waals surface area contributed by atoms with E-state index in [-0.39, 0.29) is 24.9 Å². The second-order valence-electron chi connectivity index (χ2n) is 7.82. The van der Waals surface area contributed by atoms with Gasteiger partial charge in [-0.25, -0.2) is 4.98 Å². The van der Waals surface area contributed by atoms with Crippen molar-refractivity contribution in [1.29, 1.82) is 0 Å². The first-order valence-corrected chi connectivity index (χ1v) is 11.6. The van der Waals surface area contributed by atoms with Gasteiger partial charge in [-0.05, 0) is 43.2 Å². The van der Waals surface area contributed by atoms with Crippen LogP contribution in [0.5, 0.6) is 11.5 Å². The third-order valence-electron chi connectivity index (χ3n) is 5.75. The third-order valence-corrected chi connectivity index (χ3v) is 6.80. The van der Waals surface area contributed by atoms with Crippen LogP contribution in [0.15, 0.2) is 36.4 Å². The molecule has 1 aliphatic heterocycles. The van der Waals surface area contributed by atoms with Crippen LogP contribution >= 0.6 is 23.7 Å². The highest BCUT2D eigenvalue weighted by Crippen LogP contribution is 2.32. The van der Waals surface area contributed by atoms with Crippen LogP contribution in [0.4, 0.5) is 5.13 Å². The number of aryl methyl sites for hydroxylation is 2. The first-order valence-electron chi connectivity index (χ1n) is 10.8. The van der Waals surface area contributed by atoms with Crippen LogP contribution in [0.25, 0.3) is 10.2 Å². The summed E-state index contributed by atoms with van der Waals surface area (Å²) in [5.74, 6) is 1.17. The predicted molar refractivity (Wildman–Crippen MR) is 134 cm³/mol. The summed E-state index contributed by atoms with van der Waals surface area (Å²) in [6.45, 7) is 8.62. The van der Waals surface area contributed by atoms with Gasteiger partial charge in [-0.1, -0.05) is 23.5 Å². The molecule has 0 saturated carbocycles. The number of hydrogen-bond acceptors (Lipinski definition) is 7. The Morgan fingerprint density at radius 1 is 1.18 bits per heavy atom. The van der Waals surface area contributed by atoms with Crippen molar-refractivity contribution in [1.82, 2.24) is 9.88 Å². The molecule has 9 heteroatoms. The van der Waals surface area contributed by atoms with Crippen molar-refractivity contribution in [3.05, 3.63) is 47.5 Å². The first-order chi connectivity index (χ1) is 15.5. The van der Waals surface area contributed by atoms with Crippen molar-refractivity contribution in [2.75, 3.05) is 58.0 Å². The maximum atomic E-state index is 13.3. The molecule has 0 N–H and O–H groups in total. The monoisotopic (exact) mass is 491 g/mol. The fourth-order valence-electron chi connectivity index (χ4n) is 3.64. The molecule has 0 atom stereocenters. The van der Waals surface area contributed by atoms with Gasteiger partial charge in [0, 0.05) is 32.2 Å². The molecule has 33 heavy (non-hydrogen) atoms. The van der Waals surface area contributed by atoms with E-state index >= 15 is 0 Å². The summed E-state index contributed by atoms with van der Waals surface area (Å²) in [7, 11) is 1.61. The van der Waals surface area contributed by atoms with Gasteiger partial charge in [0.15, 0.2) is 11.7 Å². The van der Waals surface area contributed by atoms with Crippen LogP contribution < -0.4 is 14.4 Å². The molecule has 1 amide bonds. The van der Waals surface area contributed by atoms with Crippen molar-refractivity contribution in [3.63, 3.8) is 0 Å². The van der Waals surface area contributed by atoms with E-state index in [0.29, 0.717) is 23.2 Å². The normalized spacial score (nSPS) is 14.0. The number of anilines is 1. The molecule has 0 spiro atoms. The summed E-state index contributed by atoms with van der Waals surface area (Å²) in [6, 6.07) is 11.5. The molecule has 1 aliphatic rings. The van der Waals surface area contributed by atoms with E-state index in [4.69, 9.17) is 19.2 Å². The first kappa shape index (κ1) is 25.2. The van der Waals surface area contributed by atoms with Gasteiger partial charge in [0.05, 0.1) is 30.5 Å². The summed E-state index contributed by atoms with van der Waals surface area (Å²) < 4.78 is 17.6. The van der Waals surface area contributed by atoms with Gasteiger partial charge in [-0.3, -0.25) is 14.6 Å². The zero-order valence-corrected chi connectivity index (χ0v) is 20.8. The van der Waals surface area contributed by atoms with Gasteiger partial charge < -0.3 is 14.2 Å². The lowest BCUT2D eigenvalue weighted by Gasteiger charge is -2.29. The molecule has 178 valence electrons. The Labute approximate surface area is 204 Å². The van der Waals surface area contributed by atoms with Crippen molar-refractivity contribution in [2.24, 2.45) is 0 Å². The molecule has 2 aromatic carbocycles. The summed E-state index contributed by atoms with van der Waals surface area (Å²) in [5.41, 5.74) is 3.31. The fraction of sp³-hybridized carbons (Fsp3) is 0.417. The Bertz CT molecular complexity index is 1080. The molecular weight excluding hydrogens is 462 g/mol. The minimum Gasteiger partial charge on any atom is -0.497 e. The molecule has 7 nitrogen and oxygen atoms in total. The molecule has 3 aromatic rings. The van der Waals surface area contributed by atoms with Gasteiger partial charge in [0.1, 0.15) is 11.5 Å². The van der Waals surface area contributed by atoms with Crippen LogP contribution in [0.2, 0.25) is 0 Å². The molecule has 2 heterocycles. The number of hydrogen-bond donors (Lipinski definition) is 0. The summed E-state index contributed by atoms with van der Waals surface area (Å²) in [5, 5.41) is 0.709. The molecule has 0 aliphatic carbocycles. The van der Waals surface area contributed by atoms with Crippen molar-refractivity contribution < 1.29 is 19.0 Å². The van der Waals surface area contributed by atoms with Gasteiger partial charge in [-0.15, -0.1) is 12.4 Å². The Morgan fingerprint density at radius 3 is 2.70 bits per heavy atom. The molecule has 0 radical (unpaired) electrons. The number of rotatable bonds is 8. The molecule has 4 rings (SSSR count). The highest BCUT2D eigenvalue weighted by molar-refractivity contribution is 7.22. The number of morpholine rings is 1. The molecule has 0 bridgehead atoms. The lowest BCUT2D eigenvalue weighted by molar-refractivity contribution is -0.120. The lowest BCUT2D eigenvalue weighted by atomic mass is 10.1. The van der Waals surface area contributed by atoms with Gasteiger partial charge in [0.25, 0.3) is 5.91 Å². The lowest BCUT2D eigenvalue weighted by Crippen LogP contribution is -2.44. The van der Waals surface area contributed by atoms with Gasteiger partial charge in [0.2, 0.25) is 0 Å². The molecule has 1 fully saturated rings. The summed E-state index contributed by atoms with van der Waals surface area (Å²) in [6.07, 6.45) is 0. The average molecular weight is 492 g/mol. The van der Waals surface area contributed by atoms with Gasteiger partial charge in [-0.2, -0.15) is 0 Å². The SMILES string of the molecule is COc1cccc(OCC(=O)N(CCN2CCOCC2)c2nc3c(C)c(C)ccc3s2)c1.Cl. The number of carbonyl (C=O) groups excluding carboxylic acids is 1. The van der Waals surface area contributed by atoms with Crippen LogP contribution in [0, 0.1) is 13.8 Å². The number of ether oxygens (including phenoxy) is 3. The topological polar surface area (TPSA) is 64.1 Å². The van der Waals surface area contributed by atoms with Crippen molar-refractivity contribution in [2.45, 2.75) is 13.8 Å². The number of nitrogens with zero attached hydrogens (tertiary/aromatic N) is 3. The highest BCUT2D eigenvalue weighted by Gasteiger charge is 2.23. The molecular formula is C24H30ClN3O4S. The zero-order chi connectivity index (χ0) is 22.5. The maximum absolute atomic E-state index is 13.3. The third kappa shape index (κ3) is 6.14. The van der Waals surface area contributed by atoms with E-state index in [0.717, 1.165) is 48.6 Å². The number of aromatic nitrogens is 1. The summed E-state index contributed by atoms with van der Waals surface area (Å²) >= 11 is 1.55. The van der Waals surface area contributed by atoms with E-state index in [1.54, 1.807) is 29.4 Å². The van der Waals surface area contributed by atoms with Crippen LogP contribution in [0.3, 0.4) is 0 Å². The van der Waals surface area contributed by atoms with E-state index in [9.17, 15) is 4.79 Å². The van der Waals surface area contributed by atoms with Crippen molar-refractivity contribution >= 4 is 45.0 Å². The van der Waals surface area contributed by atoms with Crippen LogP contribution in [-0.4, -0.2) is 68.9 Å². The maximum Gasteiger partial charge on any atom is 0.266 e. The number of thiazole rings is 1. The van der Waals surface area contributed by atoms with Crippen LogP contribution in [0.1, 0.15) is 11.1 Å². The minimum atomic E-state index is -0.116. The predicted octanol–water partition coefficient (Wildman–Crippen LogP) is 4.09. The molecule has 0 unspecified atom stereocenters. The van der Waals surface area contributed by atoms with E-state index in [1.807, 2.05) is 18.2 Å². The second kappa shape index (κ2) is 11.7. The quantitative estimate of drug-likeness (QED) is 0.473. The smallest absolute Gasteiger partial charge is 0.266 e. The number of fused-ring (bicyclic) bond motifs is 1. The van der Waals surface area contributed by atoms with E-state index in [1.165, 1.54) is 5.56 Å². The zero-order valence-electron chi connectivity index (χ0n) is 19.2. The van der Waals surface area contributed by atoms with Crippen molar-refractivity contribution in [3.8, 4) is 11.5 Å². The number of amides is 1. The summed E-state index contributed by atoms with van der Waals surface area (Å²) in [4.78, 5) is 22.2. The Morgan fingerprint density at radius 2 is 1.94 bits per heavy atom. The average Bonchev–Trinajstić information content (AvgIpc) is 3.26. The number of methoxy groups -OCH3 is 1. The van der Waals surface area contributed by atoms with Crippen LogP contribution in [-0.2, 0) is 9.53 Å². The van der Waals surface area contributed by atoms with E-state index in [2.05, 4.69) is 30.9 Å².